The number of fused-ring (bicyclic) bond motifs is 1. The molecule has 30 heavy (non-hydrogen) atoms. The average Bonchev–Trinajstić information content (AvgIpc) is 2.62. The van der Waals surface area contributed by atoms with Gasteiger partial charge in [0.25, 0.3) is 11.8 Å². The van der Waals surface area contributed by atoms with Crippen LogP contribution in [0.15, 0.2) is 18.2 Å². The zero-order chi connectivity index (χ0) is 22.8. The van der Waals surface area contributed by atoms with Crippen LogP contribution in [0.25, 0.3) is 0 Å². The Morgan fingerprint density at radius 2 is 1.97 bits per heavy atom. The summed E-state index contributed by atoms with van der Waals surface area (Å²) in [6.45, 7) is 11.9. The predicted molar refractivity (Wildman–Crippen MR) is 114 cm³/mol. The number of amides is 3. The van der Waals surface area contributed by atoms with Crippen LogP contribution in [0.5, 0.6) is 5.75 Å². The number of nitrogens with zero attached hydrogens (tertiary/aromatic N) is 2. The third kappa shape index (κ3) is 5.43. The monoisotopic (exact) mass is 419 g/mol. The van der Waals surface area contributed by atoms with Crippen LogP contribution in [0.4, 0.5) is 4.79 Å². The topological polar surface area (TPSA) is 102 Å². The largest absolute Gasteiger partial charge is 0.487 e. The fraction of sp³-hybridized carbons (Fsp3) is 0.591. The molecule has 0 aromatic heterocycles. The highest BCUT2D eigenvalue weighted by Gasteiger charge is 2.35. The number of ether oxygens (including phenoxy) is 2. The fourth-order valence-electron chi connectivity index (χ4n) is 3.31. The van der Waals surface area contributed by atoms with Crippen LogP contribution < -0.4 is 10.5 Å². The van der Waals surface area contributed by atoms with E-state index in [-0.39, 0.29) is 41.3 Å². The van der Waals surface area contributed by atoms with Gasteiger partial charge < -0.3 is 25.0 Å². The van der Waals surface area contributed by atoms with E-state index in [0.717, 1.165) is 0 Å². The van der Waals surface area contributed by atoms with E-state index in [0.29, 0.717) is 6.54 Å². The molecule has 1 aliphatic heterocycles. The van der Waals surface area contributed by atoms with Crippen LogP contribution in [0.3, 0.4) is 0 Å². The van der Waals surface area contributed by atoms with Crippen LogP contribution in [-0.4, -0.2) is 65.6 Å². The number of nitrogens with two attached hydrogens (primary N) is 1. The van der Waals surface area contributed by atoms with Crippen molar-refractivity contribution < 1.29 is 23.9 Å². The van der Waals surface area contributed by atoms with Gasteiger partial charge in [0.1, 0.15) is 17.5 Å². The molecule has 2 N–H and O–H groups in total. The lowest BCUT2D eigenvalue weighted by molar-refractivity contribution is 0.0128. The Hall–Kier alpha value is -2.77. The number of primary amides is 1. The van der Waals surface area contributed by atoms with Crippen molar-refractivity contribution in [2.45, 2.75) is 59.3 Å². The quantitative estimate of drug-likeness (QED) is 0.808. The zero-order valence-corrected chi connectivity index (χ0v) is 18.9. The molecule has 0 saturated heterocycles. The minimum Gasteiger partial charge on any atom is -0.487 e. The molecular formula is C22H33N3O5. The van der Waals surface area contributed by atoms with Crippen molar-refractivity contribution in [2.24, 2.45) is 11.7 Å². The summed E-state index contributed by atoms with van der Waals surface area (Å²) in [5.74, 6) is -0.845. The van der Waals surface area contributed by atoms with Crippen LogP contribution in [0.1, 0.15) is 62.3 Å². The molecule has 1 aromatic rings. The van der Waals surface area contributed by atoms with Gasteiger partial charge in [-0.05, 0) is 46.8 Å². The molecule has 8 heteroatoms. The molecule has 8 nitrogen and oxygen atoms in total. The standard InChI is InChI=1S/C22H33N3O5/c1-13(2)25-11-14(3)17(12-24(7)21(28)30-22(4,5)6)29-18-15(19(23)26)9-8-10-16(18)20(25)27/h8-10,13-14,17H,11-12H2,1-7H3,(H2,23,26). The molecule has 0 fully saturated rings. The van der Waals surface area contributed by atoms with Crippen LogP contribution in [0, 0.1) is 5.92 Å². The van der Waals surface area contributed by atoms with E-state index >= 15 is 0 Å². The van der Waals surface area contributed by atoms with Crippen LogP contribution >= 0.6 is 0 Å². The van der Waals surface area contributed by atoms with Crippen molar-refractivity contribution >= 4 is 17.9 Å². The molecule has 1 heterocycles. The maximum absolute atomic E-state index is 13.2. The van der Waals surface area contributed by atoms with Crippen molar-refractivity contribution in [1.82, 2.24) is 9.80 Å². The molecule has 1 aliphatic rings. The summed E-state index contributed by atoms with van der Waals surface area (Å²) < 4.78 is 11.6. The van der Waals surface area contributed by atoms with Gasteiger partial charge in [0, 0.05) is 25.6 Å². The van der Waals surface area contributed by atoms with Gasteiger partial charge in [-0.2, -0.15) is 0 Å². The summed E-state index contributed by atoms with van der Waals surface area (Å²) in [6.07, 6.45) is -0.948. The van der Waals surface area contributed by atoms with Crippen LogP contribution in [-0.2, 0) is 4.74 Å². The van der Waals surface area contributed by atoms with Crippen molar-refractivity contribution in [2.75, 3.05) is 20.1 Å². The highest BCUT2D eigenvalue weighted by Crippen LogP contribution is 2.31. The Balaban J connectivity index is 2.44. The zero-order valence-electron chi connectivity index (χ0n) is 18.9. The number of carbonyl (C=O) groups excluding carboxylic acids is 3. The second-order valence-corrected chi connectivity index (χ2v) is 9.09. The predicted octanol–water partition coefficient (Wildman–Crippen LogP) is 2.90. The summed E-state index contributed by atoms with van der Waals surface area (Å²) >= 11 is 0. The number of rotatable bonds is 4. The van der Waals surface area contributed by atoms with Gasteiger partial charge in [-0.25, -0.2) is 4.79 Å². The second-order valence-electron chi connectivity index (χ2n) is 9.09. The summed E-state index contributed by atoms with van der Waals surface area (Å²) in [5.41, 5.74) is 5.35. The first-order valence-electron chi connectivity index (χ1n) is 10.2. The second kappa shape index (κ2) is 8.93. The van der Waals surface area contributed by atoms with Crippen molar-refractivity contribution in [3.8, 4) is 5.75 Å². The number of carbonyl (C=O) groups is 3. The van der Waals surface area contributed by atoms with Gasteiger partial charge in [-0.3, -0.25) is 9.59 Å². The summed E-state index contributed by atoms with van der Waals surface area (Å²) in [5, 5.41) is 0. The van der Waals surface area contributed by atoms with Gasteiger partial charge in [0.05, 0.1) is 17.7 Å². The minimum atomic E-state index is -0.678. The molecule has 2 unspecified atom stereocenters. The maximum atomic E-state index is 13.2. The van der Waals surface area contributed by atoms with E-state index in [1.165, 1.54) is 11.0 Å². The van der Waals surface area contributed by atoms with Gasteiger partial charge in [-0.15, -0.1) is 0 Å². The normalized spacial score (nSPS) is 19.5. The lowest BCUT2D eigenvalue weighted by atomic mass is 9.98. The number of para-hydroxylation sites is 1. The average molecular weight is 420 g/mol. The van der Waals surface area contributed by atoms with E-state index in [1.54, 1.807) is 44.9 Å². The molecule has 0 aliphatic carbocycles. The molecule has 0 bridgehead atoms. The molecule has 0 spiro atoms. The maximum Gasteiger partial charge on any atom is 0.410 e. The molecule has 166 valence electrons. The Bertz CT molecular complexity index is 815. The van der Waals surface area contributed by atoms with E-state index in [4.69, 9.17) is 15.2 Å². The van der Waals surface area contributed by atoms with E-state index in [2.05, 4.69) is 0 Å². The third-order valence-corrected chi connectivity index (χ3v) is 4.94. The Morgan fingerprint density at radius 3 is 2.50 bits per heavy atom. The van der Waals surface area contributed by atoms with Gasteiger partial charge in [0.15, 0.2) is 0 Å². The van der Waals surface area contributed by atoms with Crippen LogP contribution in [0.2, 0.25) is 0 Å². The number of hydrogen-bond acceptors (Lipinski definition) is 5. The SMILES string of the molecule is CC1CN(C(C)C)C(=O)c2cccc(C(N)=O)c2OC1CN(C)C(=O)OC(C)(C)C. The number of hydrogen-bond donors (Lipinski definition) is 1. The van der Waals surface area contributed by atoms with Crippen molar-refractivity contribution in [3.63, 3.8) is 0 Å². The summed E-state index contributed by atoms with van der Waals surface area (Å²) in [4.78, 5) is 40.8. The molecular weight excluding hydrogens is 386 g/mol. The first-order chi connectivity index (χ1) is 13.8. The lowest BCUT2D eigenvalue weighted by Gasteiger charge is -2.38. The van der Waals surface area contributed by atoms with Crippen molar-refractivity contribution in [1.29, 1.82) is 0 Å². The summed E-state index contributed by atoms with van der Waals surface area (Å²) in [7, 11) is 1.63. The van der Waals surface area contributed by atoms with Gasteiger partial charge >= 0.3 is 6.09 Å². The molecule has 1 aromatic carbocycles. The summed E-state index contributed by atoms with van der Waals surface area (Å²) in [6, 6.07) is 4.73. The highest BCUT2D eigenvalue weighted by molar-refractivity contribution is 6.03. The van der Waals surface area contributed by atoms with E-state index in [9.17, 15) is 14.4 Å². The minimum absolute atomic E-state index is 0.0487. The van der Waals surface area contributed by atoms with E-state index in [1.807, 2.05) is 20.8 Å². The fourth-order valence-corrected chi connectivity index (χ4v) is 3.31. The third-order valence-electron chi connectivity index (χ3n) is 4.94. The highest BCUT2D eigenvalue weighted by atomic mass is 16.6. The molecule has 2 atom stereocenters. The number of likely N-dealkylation sites (N-methyl/N-ethyl adjacent to an activating group) is 1. The van der Waals surface area contributed by atoms with Crippen molar-refractivity contribution in [3.05, 3.63) is 29.3 Å². The Labute approximate surface area is 178 Å². The molecule has 2 rings (SSSR count). The first-order valence-corrected chi connectivity index (χ1v) is 10.2. The Morgan fingerprint density at radius 1 is 1.33 bits per heavy atom. The molecule has 3 amide bonds. The molecule has 0 saturated carbocycles. The smallest absolute Gasteiger partial charge is 0.410 e. The molecule has 0 radical (unpaired) electrons. The number of benzene rings is 1. The van der Waals surface area contributed by atoms with Gasteiger partial charge in [-0.1, -0.05) is 13.0 Å². The first kappa shape index (κ1) is 23.5. The Kier molecular flexibility index (Phi) is 7.00. The van der Waals surface area contributed by atoms with Gasteiger partial charge in [0.2, 0.25) is 0 Å². The lowest BCUT2D eigenvalue weighted by Crippen LogP contribution is -2.49. The van der Waals surface area contributed by atoms with E-state index < -0.39 is 23.7 Å².